The lowest BCUT2D eigenvalue weighted by atomic mass is 10.2. The highest BCUT2D eigenvalue weighted by atomic mass is 35.5. The lowest BCUT2D eigenvalue weighted by Crippen LogP contribution is -2.11. The molecule has 0 saturated carbocycles. The Hall–Kier alpha value is -1.33. The van der Waals surface area contributed by atoms with Gasteiger partial charge in [0.2, 0.25) is 0 Å². The van der Waals surface area contributed by atoms with Crippen molar-refractivity contribution in [3.05, 3.63) is 29.3 Å². The molecule has 0 unspecified atom stereocenters. The van der Waals surface area contributed by atoms with Crippen molar-refractivity contribution in [2.45, 2.75) is 5.16 Å². The Morgan fingerprint density at radius 3 is 2.71 bits per heavy atom. The van der Waals surface area contributed by atoms with Gasteiger partial charge in [0, 0.05) is 15.7 Å². The quantitative estimate of drug-likeness (QED) is 0.586. The van der Waals surface area contributed by atoms with Crippen molar-refractivity contribution in [3.8, 4) is 11.4 Å². The van der Waals surface area contributed by atoms with E-state index in [1.165, 1.54) is 4.68 Å². The summed E-state index contributed by atoms with van der Waals surface area (Å²) >= 11 is 10.7. The van der Waals surface area contributed by atoms with Crippen LogP contribution in [0.15, 0.2) is 29.4 Å². The molecule has 1 aromatic heterocycles. The molecule has 2 N–H and O–H groups in total. The Morgan fingerprint density at radius 2 is 2.14 bits per heavy atom. The average molecular weight is 226 g/mol. The number of hydrogen-bond donors (Lipinski definition) is 1. The van der Waals surface area contributed by atoms with E-state index in [0.717, 1.165) is 5.56 Å². The highest BCUT2D eigenvalue weighted by Crippen LogP contribution is 2.20. The molecule has 0 amide bonds. The molecule has 0 aliphatic rings. The molecule has 0 aliphatic heterocycles. The summed E-state index contributed by atoms with van der Waals surface area (Å²) < 4.78 is 1.25. The molecule has 72 valence electrons. The molecule has 0 bridgehead atoms. The van der Waals surface area contributed by atoms with Crippen molar-refractivity contribution in [1.82, 2.24) is 14.9 Å². The summed E-state index contributed by atoms with van der Waals surface area (Å²) in [6, 6.07) is 7.18. The summed E-state index contributed by atoms with van der Waals surface area (Å²) in [5.41, 5.74) is 0.795. The Labute approximate surface area is 91.1 Å². The normalized spacial score (nSPS) is 10.4. The van der Waals surface area contributed by atoms with Crippen LogP contribution in [0.1, 0.15) is 0 Å². The Bertz CT molecular complexity index is 468. The monoisotopic (exact) mass is 225 g/mol. The van der Waals surface area contributed by atoms with Gasteiger partial charge in [-0.3, -0.25) is 0 Å². The first-order valence-corrected chi connectivity index (χ1v) is 4.60. The fraction of sp³-hybridized carbons (Fsp3) is 0. The van der Waals surface area contributed by atoms with E-state index in [1.54, 1.807) is 12.1 Å². The van der Waals surface area contributed by atoms with Crippen molar-refractivity contribution in [3.63, 3.8) is 0 Å². The maximum Gasteiger partial charge on any atom is 0.180 e. The van der Waals surface area contributed by atoms with Gasteiger partial charge in [0.1, 0.15) is 0 Å². The minimum atomic E-state index is 0.250. The smallest absolute Gasteiger partial charge is 0.180 e. The molecule has 0 saturated heterocycles. The molecule has 6 heteroatoms. The Kier molecular flexibility index (Phi) is 2.26. The number of nitrogens with two attached hydrogens (primary N) is 1. The second kappa shape index (κ2) is 3.43. The van der Waals surface area contributed by atoms with Crippen LogP contribution < -0.4 is 5.84 Å². The highest BCUT2D eigenvalue weighted by molar-refractivity contribution is 7.58. The Balaban J connectivity index is 2.55. The third-order valence-corrected chi connectivity index (χ3v) is 2.26. The van der Waals surface area contributed by atoms with Crippen molar-refractivity contribution < 1.29 is 0 Å². The van der Waals surface area contributed by atoms with Gasteiger partial charge in [-0.05, 0) is 12.1 Å². The van der Waals surface area contributed by atoms with Crippen LogP contribution in [0.25, 0.3) is 11.4 Å². The van der Waals surface area contributed by atoms with E-state index in [0.29, 0.717) is 10.8 Å². The van der Waals surface area contributed by atoms with E-state index in [-0.39, 0.29) is 5.16 Å². The van der Waals surface area contributed by atoms with E-state index in [4.69, 9.17) is 30.1 Å². The fourth-order valence-electron chi connectivity index (χ4n) is 1.10. The van der Waals surface area contributed by atoms with Gasteiger partial charge >= 0.3 is 0 Å². The van der Waals surface area contributed by atoms with E-state index < -0.39 is 0 Å². The van der Waals surface area contributed by atoms with Crippen LogP contribution in [0.5, 0.6) is 0 Å². The van der Waals surface area contributed by atoms with Gasteiger partial charge in [0.05, 0.1) is 0 Å². The third-order valence-electron chi connectivity index (χ3n) is 1.75. The van der Waals surface area contributed by atoms with Gasteiger partial charge in [0.15, 0.2) is 5.82 Å². The van der Waals surface area contributed by atoms with Gasteiger partial charge in [-0.1, -0.05) is 23.7 Å². The minimum Gasteiger partial charge on any atom is -0.738 e. The van der Waals surface area contributed by atoms with Crippen molar-refractivity contribution in [1.29, 1.82) is 0 Å². The second-order valence-corrected chi connectivity index (χ2v) is 3.49. The van der Waals surface area contributed by atoms with Crippen LogP contribution in [0.2, 0.25) is 5.02 Å². The van der Waals surface area contributed by atoms with Crippen LogP contribution in [0.3, 0.4) is 0 Å². The van der Waals surface area contributed by atoms with Crippen LogP contribution >= 0.6 is 11.6 Å². The molecule has 1 aromatic carbocycles. The number of nitrogen functional groups attached to an aromatic ring is 1. The molecule has 0 spiro atoms. The number of aromatic nitrogens is 3. The largest absolute Gasteiger partial charge is 0.738 e. The first kappa shape index (κ1) is 9.23. The van der Waals surface area contributed by atoms with Gasteiger partial charge in [-0.2, -0.15) is 5.10 Å². The Morgan fingerprint density at radius 1 is 1.36 bits per heavy atom. The van der Waals surface area contributed by atoms with Crippen LogP contribution in [0, 0.1) is 0 Å². The predicted octanol–water partition coefficient (Wildman–Crippen LogP) is 1.22. The zero-order chi connectivity index (χ0) is 10.1. The maximum atomic E-state index is 5.83. The molecule has 0 aliphatic carbocycles. The van der Waals surface area contributed by atoms with Gasteiger partial charge < -0.3 is 18.5 Å². The van der Waals surface area contributed by atoms with E-state index in [9.17, 15) is 0 Å². The third kappa shape index (κ3) is 1.51. The second-order valence-electron chi connectivity index (χ2n) is 2.69. The molecule has 0 atom stereocenters. The first-order valence-electron chi connectivity index (χ1n) is 3.82. The number of halogens is 1. The molecule has 14 heavy (non-hydrogen) atoms. The van der Waals surface area contributed by atoms with Crippen molar-refractivity contribution in [2.75, 3.05) is 5.84 Å². The van der Waals surface area contributed by atoms with E-state index in [1.807, 2.05) is 12.1 Å². The zero-order valence-electron chi connectivity index (χ0n) is 7.01. The fourth-order valence-corrected chi connectivity index (χ4v) is 1.42. The molecule has 0 radical (unpaired) electrons. The molecule has 2 rings (SSSR count). The standard InChI is InChI=1S/C8H7ClN4S/c9-6-3-1-2-5(4-6)7-11-12-8(14)13(7)10/h1-4H,10H2,(H,12,14)/p-1. The van der Waals surface area contributed by atoms with Crippen LogP contribution in [-0.4, -0.2) is 14.9 Å². The summed E-state index contributed by atoms with van der Waals surface area (Å²) in [5.74, 6) is 6.14. The lowest BCUT2D eigenvalue weighted by Gasteiger charge is -2.05. The lowest BCUT2D eigenvalue weighted by molar-refractivity contribution is 0.854. The summed E-state index contributed by atoms with van der Waals surface area (Å²) in [4.78, 5) is 0. The topological polar surface area (TPSA) is 56.7 Å². The maximum absolute atomic E-state index is 5.83. The molecule has 2 aromatic rings. The van der Waals surface area contributed by atoms with Crippen LogP contribution in [0.4, 0.5) is 0 Å². The first-order chi connectivity index (χ1) is 6.68. The molecule has 0 fully saturated rings. The average Bonchev–Trinajstić information content (AvgIpc) is 2.48. The van der Waals surface area contributed by atoms with Crippen LogP contribution in [-0.2, 0) is 12.6 Å². The van der Waals surface area contributed by atoms with Crippen molar-refractivity contribution >= 4 is 24.2 Å². The predicted molar refractivity (Wildman–Crippen MR) is 56.2 cm³/mol. The number of benzene rings is 1. The highest BCUT2D eigenvalue weighted by Gasteiger charge is 2.05. The van der Waals surface area contributed by atoms with Gasteiger partial charge in [0.25, 0.3) is 0 Å². The molecular weight excluding hydrogens is 220 g/mol. The summed E-state index contributed by atoms with van der Waals surface area (Å²) in [7, 11) is 0. The number of nitrogens with zero attached hydrogens (tertiary/aromatic N) is 3. The summed E-state index contributed by atoms with van der Waals surface area (Å²) in [5, 5.41) is 8.41. The van der Waals surface area contributed by atoms with Gasteiger partial charge in [-0.15, -0.1) is 5.10 Å². The number of hydrogen-bond acceptors (Lipinski definition) is 4. The summed E-state index contributed by atoms with van der Waals surface area (Å²) in [6.07, 6.45) is 0. The van der Waals surface area contributed by atoms with E-state index in [2.05, 4.69) is 10.2 Å². The van der Waals surface area contributed by atoms with Crippen molar-refractivity contribution in [2.24, 2.45) is 0 Å². The zero-order valence-corrected chi connectivity index (χ0v) is 8.59. The SMILES string of the molecule is Nn1c([S-])nnc1-c1cccc(Cl)c1. The summed E-state index contributed by atoms with van der Waals surface area (Å²) in [6.45, 7) is 0. The van der Waals surface area contributed by atoms with E-state index >= 15 is 0 Å². The minimum absolute atomic E-state index is 0.250. The number of rotatable bonds is 1. The molecule has 1 heterocycles. The molecular formula is C8H6ClN4S-. The molecule has 4 nitrogen and oxygen atoms in total. The van der Waals surface area contributed by atoms with Gasteiger partial charge in [-0.25, -0.2) is 4.68 Å².